The van der Waals surface area contributed by atoms with Gasteiger partial charge in [-0.3, -0.25) is 14.9 Å². The van der Waals surface area contributed by atoms with Crippen molar-refractivity contribution in [1.82, 2.24) is 10.1 Å². The zero-order chi connectivity index (χ0) is 17.4. The summed E-state index contributed by atoms with van der Waals surface area (Å²) in [7, 11) is 0. The predicted molar refractivity (Wildman–Crippen MR) is 90.1 cm³/mol. The third-order valence-electron chi connectivity index (χ3n) is 4.57. The van der Waals surface area contributed by atoms with E-state index in [2.05, 4.69) is 5.16 Å². The Labute approximate surface area is 143 Å². The van der Waals surface area contributed by atoms with Crippen LogP contribution < -0.4 is 0 Å². The van der Waals surface area contributed by atoms with E-state index in [9.17, 15) is 14.9 Å². The molecule has 2 heterocycles. The van der Waals surface area contributed by atoms with Crippen LogP contribution in [0, 0.1) is 10.1 Å². The summed E-state index contributed by atoms with van der Waals surface area (Å²) in [6.45, 7) is 0.538. The molecule has 0 aliphatic carbocycles. The first-order valence-electron chi connectivity index (χ1n) is 8.05. The van der Waals surface area contributed by atoms with Gasteiger partial charge in [-0.2, -0.15) is 0 Å². The van der Waals surface area contributed by atoms with Crippen molar-refractivity contribution in [3.8, 4) is 0 Å². The molecule has 1 amide bonds. The van der Waals surface area contributed by atoms with E-state index < -0.39 is 4.92 Å². The number of hydrogen-bond donors (Lipinski definition) is 0. The quantitative estimate of drug-likeness (QED) is 0.537. The highest BCUT2D eigenvalue weighted by molar-refractivity contribution is 5.98. The third kappa shape index (κ3) is 2.53. The molecule has 1 aliphatic rings. The van der Waals surface area contributed by atoms with Crippen LogP contribution in [0.2, 0.25) is 0 Å². The van der Waals surface area contributed by atoms with E-state index >= 15 is 0 Å². The van der Waals surface area contributed by atoms with Crippen molar-refractivity contribution < 1.29 is 14.2 Å². The number of nitro groups is 1. The molecule has 0 spiro atoms. The number of para-hydroxylation sites is 2. The minimum absolute atomic E-state index is 0.104. The van der Waals surface area contributed by atoms with Crippen molar-refractivity contribution in [1.29, 1.82) is 0 Å². The maximum Gasteiger partial charge on any atom is 0.282 e. The Hall–Kier alpha value is -3.22. The van der Waals surface area contributed by atoms with Crippen molar-refractivity contribution in [3.05, 3.63) is 69.9 Å². The van der Waals surface area contributed by atoms with Gasteiger partial charge in [0.2, 0.25) is 0 Å². The highest BCUT2D eigenvalue weighted by Crippen LogP contribution is 2.37. The zero-order valence-corrected chi connectivity index (χ0v) is 13.3. The van der Waals surface area contributed by atoms with E-state index in [1.54, 1.807) is 17.0 Å². The van der Waals surface area contributed by atoms with Crippen LogP contribution in [0.1, 0.15) is 34.9 Å². The Morgan fingerprint density at radius 2 is 1.96 bits per heavy atom. The molecule has 0 unspecified atom stereocenters. The summed E-state index contributed by atoms with van der Waals surface area (Å²) < 4.78 is 5.36. The Kier molecular flexibility index (Phi) is 3.68. The fourth-order valence-electron chi connectivity index (χ4n) is 3.41. The molecule has 0 radical (unpaired) electrons. The smallest absolute Gasteiger partial charge is 0.282 e. The lowest BCUT2D eigenvalue weighted by Gasteiger charge is -2.23. The number of carbonyl (C=O) groups excluding carboxylic acids is 1. The number of amides is 1. The van der Waals surface area contributed by atoms with Gasteiger partial charge >= 0.3 is 0 Å². The normalized spacial score (nSPS) is 17.1. The second-order valence-corrected chi connectivity index (χ2v) is 5.99. The van der Waals surface area contributed by atoms with Crippen LogP contribution in [0.4, 0.5) is 5.69 Å². The van der Waals surface area contributed by atoms with Crippen LogP contribution in [0.3, 0.4) is 0 Å². The molecule has 1 aromatic heterocycles. The maximum atomic E-state index is 13.0. The van der Waals surface area contributed by atoms with Gasteiger partial charge in [-0.25, -0.2) is 0 Å². The Balaban J connectivity index is 1.73. The van der Waals surface area contributed by atoms with Crippen molar-refractivity contribution in [2.75, 3.05) is 6.54 Å². The third-order valence-corrected chi connectivity index (χ3v) is 4.57. The fraction of sp³-hybridized carbons (Fsp3) is 0.222. The van der Waals surface area contributed by atoms with Gasteiger partial charge < -0.3 is 9.42 Å². The average molecular weight is 337 g/mol. The summed E-state index contributed by atoms with van der Waals surface area (Å²) in [6.07, 6.45) is 1.57. The molecule has 4 rings (SSSR count). The van der Waals surface area contributed by atoms with Gasteiger partial charge in [0.25, 0.3) is 11.6 Å². The number of fused-ring (bicyclic) bond motifs is 1. The standard InChI is InChI=1S/C18H15N3O4/c22-18(12-6-1-3-8-14(12)21(23)24)20-11-5-9-15(20)17-13-7-2-4-10-16(13)25-19-17/h1-4,6-8,10,15H,5,9,11H2/t15-/m1/s1. The first-order valence-corrected chi connectivity index (χ1v) is 8.05. The van der Waals surface area contributed by atoms with E-state index in [0.29, 0.717) is 17.8 Å². The molecule has 3 aromatic rings. The Bertz CT molecular complexity index is 966. The van der Waals surface area contributed by atoms with E-state index in [1.165, 1.54) is 12.1 Å². The molecule has 7 nitrogen and oxygen atoms in total. The first-order chi connectivity index (χ1) is 12.2. The number of nitro benzene ring substituents is 1. The number of likely N-dealkylation sites (tertiary alicyclic amines) is 1. The van der Waals surface area contributed by atoms with Crippen molar-refractivity contribution in [2.45, 2.75) is 18.9 Å². The number of carbonyl (C=O) groups is 1. The van der Waals surface area contributed by atoms with Crippen molar-refractivity contribution in [3.63, 3.8) is 0 Å². The first kappa shape index (κ1) is 15.3. The highest BCUT2D eigenvalue weighted by atomic mass is 16.6. The summed E-state index contributed by atoms with van der Waals surface area (Å²) in [5.74, 6) is -0.345. The van der Waals surface area contributed by atoms with Gasteiger partial charge in [0.05, 0.1) is 11.0 Å². The molecule has 0 N–H and O–H groups in total. The van der Waals surface area contributed by atoms with Gasteiger partial charge in [-0.1, -0.05) is 29.4 Å². The second kappa shape index (κ2) is 6.01. The average Bonchev–Trinajstić information content (AvgIpc) is 3.27. The molecule has 1 atom stereocenters. The summed E-state index contributed by atoms with van der Waals surface area (Å²) in [6, 6.07) is 13.3. The Morgan fingerprint density at radius 1 is 1.20 bits per heavy atom. The van der Waals surface area contributed by atoms with Crippen LogP contribution in [-0.4, -0.2) is 27.4 Å². The van der Waals surface area contributed by atoms with Crippen molar-refractivity contribution >= 4 is 22.6 Å². The Morgan fingerprint density at radius 3 is 2.80 bits per heavy atom. The minimum Gasteiger partial charge on any atom is -0.356 e. The van der Waals surface area contributed by atoms with E-state index in [-0.39, 0.29) is 23.2 Å². The maximum absolute atomic E-state index is 13.0. The van der Waals surface area contributed by atoms with E-state index in [0.717, 1.165) is 18.2 Å². The molecule has 1 aliphatic heterocycles. The largest absolute Gasteiger partial charge is 0.356 e. The molecule has 7 heteroatoms. The highest BCUT2D eigenvalue weighted by Gasteiger charge is 2.36. The molecule has 126 valence electrons. The minimum atomic E-state index is -0.524. The van der Waals surface area contributed by atoms with Gasteiger partial charge in [-0.05, 0) is 31.0 Å². The van der Waals surface area contributed by atoms with Gasteiger partial charge in [0.15, 0.2) is 5.58 Å². The predicted octanol–water partition coefficient (Wildman–Crippen LogP) is 3.71. The van der Waals surface area contributed by atoms with Gasteiger partial charge in [0.1, 0.15) is 11.3 Å². The molecule has 25 heavy (non-hydrogen) atoms. The lowest BCUT2D eigenvalue weighted by Crippen LogP contribution is -2.31. The van der Waals surface area contributed by atoms with Crippen LogP contribution in [-0.2, 0) is 0 Å². The molecule has 0 saturated carbocycles. The number of hydrogen-bond acceptors (Lipinski definition) is 5. The lowest BCUT2D eigenvalue weighted by atomic mass is 10.1. The number of rotatable bonds is 3. The molecule has 2 aromatic carbocycles. The summed E-state index contributed by atoms with van der Waals surface area (Å²) in [5.41, 5.74) is 1.30. The fourth-order valence-corrected chi connectivity index (χ4v) is 3.41. The monoisotopic (exact) mass is 337 g/mol. The van der Waals surface area contributed by atoms with Gasteiger partial charge in [0, 0.05) is 18.0 Å². The second-order valence-electron chi connectivity index (χ2n) is 5.99. The topological polar surface area (TPSA) is 89.5 Å². The molecular weight excluding hydrogens is 322 g/mol. The van der Waals surface area contributed by atoms with Crippen LogP contribution >= 0.6 is 0 Å². The molecule has 1 fully saturated rings. The van der Waals surface area contributed by atoms with Gasteiger partial charge in [-0.15, -0.1) is 0 Å². The summed E-state index contributed by atoms with van der Waals surface area (Å²) in [4.78, 5) is 25.3. The number of nitrogens with zero attached hydrogens (tertiary/aromatic N) is 3. The SMILES string of the molecule is O=C(c1ccccc1[N+](=O)[O-])N1CCC[C@@H]1c1noc2ccccc12. The summed E-state index contributed by atoms with van der Waals surface area (Å²) in [5, 5.41) is 16.3. The summed E-state index contributed by atoms with van der Waals surface area (Å²) >= 11 is 0. The lowest BCUT2D eigenvalue weighted by molar-refractivity contribution is -0.385. The van der Waals surface area contributed by atoms with Crippen LogP contribution in [0.5, 0.6) is 0 Å². The molecular formula is C18H15N3O4. The van der Waals surface area contributed by atoms with E-state index in [1.807, 2.05) is 24.3 Å². The number of benzene rings is 2. The molecule has 0 bridgehead atoms. The number of aromatic nitrogens is 1. The van der Waals surface area contributed by atoms with Crippen LogP contribution in [0.25, 0.3) is 11.0 Å². The molecule has 1 saturated heterocycles. The zero-order valence-electron chi connectivity index (χ0n) is 13.3. The van der Waals surface area contributed by atoms with Crippen LogP contribution in [0.15, 0.2) is 53.1 Å². The van der Waals surface area contributed by atoms with E-state index in [4.69, 9.17) is 4.52 Å². The van der Waals surface area contributed by atoms with Crippen molar-refractivity contribution in [2.24, 2.45) is 0 Å².